The molecule has 0 bridgehead atoms. The van der Waals surface area contributed by atoms with Gasteiger partial charge in [0.15, 0.2) is 0 Å². The molecule has 1 amide bonds. The van der Waals surface area contributed by atoms with Crippen LogP contribution in [-0.2, 0) is 4.74 Å². The van der Waals surface area contributed by atoms with E-state index in [2.05, 4.69) is 5.32 Å². The van der Waals surface area contributed by atoms with Crippen LogP contribution in [0.5, 0.6) is 0 Å². The molecule has 0 rings (SSSR count). The van der Waals surface area contributed by atoms with Gasteiger partial charge in [-0.05, 0) is 27.7 Å². The van der Waals surface area contributed by atoms with E-state index in [9.17, 15) is 4.79 Å². The average Bonchev–Trinajstić information content (AvgIpc) is 1.81. The molecule has 15 heavy (non-hydrogen) atoms. The fourth-order valence-electron chi connectivity index (χ4n) is 0.562. The topological polar surface area (TPSA) is 88.2 Å². The molecule has 0 aromatic heterocycles. The Balaban J connectivity index is -0.000000720. The SMILES string of the molecule is CC(NC(=O)OC(C)(C)C)C(=N)N.Cl.Cl. The molecule has 0 aromatic carbocycles. The normalized spacial score (nSPS) is 11.5. The summed E-state index contributed by atoms with van der Waals surface area (Å²) in [6, 6.07) is -0.491. The number of nitrogens with one attached hydrogen (secondary N) is 2. The lowest BCUT2D eigenvalue weighted by atomic mass is 10.2. The van der Waals surface area contributed by atoms with Gasteiger partial charge in [-0.3, -0.25) is 5.41 Å². The lowest BCUT2D eigenvalue weighted by Crippen LogP contribution is -2.44. The van der Waals surface area contributed by atoms with E-state index in [-0.39, 0.29) is 30.6 Å². The number of amidine groups is 1. The van der Waals surface area contributed by atoms with Crippen LogP contribution >= 0.6 is 24.8 Å². The summed E-state index contributed by atoms with van der Waals surface area (Å²) in [7, 11) is 0. The van der Waals surface area contributed by atoms with Gasteiger partial charge in [-0.2, -0.15) is 0 Å². The molecule has 4 N–H and O–H groups in total. The second kappa shape index (κ2) is 7.59. The maximum absolute atomic E-state index is 11.1. The van der Waals surface area contributed by atoms with Crippen molar-refractivity contribution >= 4 is 36.7 Å². The molecule has 0 aliphatic carbocycles. The van der Waals surface area contributed by atoms with Crippen LogP contribution in [0.2, 0.25) is 0 Å². The Morgan fingerprint density at radius 3 is 2.07 bits per heavy atom. The van der Waals surface area contributed by atoms with E-state index in [4.69, 9.17) is 15.9 Å². The molecule has 0 radical (unpaired) electrons. The molecule has 0 heterocycles. The van der Waals surface area contributed by atoms with Gasteiger partial charge >= 0.3 is 6.09 Å². The minimum Gasteiger partial charge on any atom is -0.444 e. The molecule has 0 saturated heterocycles. The van der Waals surface area contributed by atoms with Crippen molar-refractivity contribution in [1.82, 2.24) is 5.32 Å². The fraction of sp³-hybridized carbons (Fsp3) is 0.750. The Morgan fingerprint density at radius 1 is 1.40 bits per heavy atom. The number of nitrogens with two attached hydrogens (primary N) is 1. The molecule has 0 aliphatic rings. The Bertz CT molecular complexity index is 216. The number of hydrogen-bond acceptors (Lipinski definition) is 3. The molecular formula is C8H19Cl2N3O2. The van der Waals surface area contributed by atoms with Crippen LogP contribution < -0.4 is 11.1 Å². The van der Waals surface area contributed by atoms with E-state index < -0.39 is 17.7 Å². The number of carbonyl (C=O) groups is 1. The van der Waals surface area contributed by atoms with Crippen LogP contribution in [0.15, 0.2) is 0 Å². The maximum Gasteiger partial charge on any atom is 0.408 e. The zero-order valence-corrected chi connectivity index (χ0v) is 10.9. The number of rotatable bonds is 2. The van der Waals surface area contributed by atoms with Crippen molar-refractivity contribution in [3.8, 4) is 0 Å². The first kappa shape index (κ1) is 19.8. The first-order chi connectivity index (χ1) is 5.72. The standard InChI is InChI=1S/C8H17N3O2.2ClH/c1-5(6(9)10)11-7(12)13-8(2,3)4;;/h5H,1-4H3,(H3,9,10)(H,11,12);2*1H. The van der Waals surface area contributed by atoms with Crippen LogP contribution in [0, 0.1) is 5.41 Å². The zero-order valence-electron chi connectivity index (χ0n) is 9.29. The second-order valence-corrected chi connectivity index (χ2v) is 3.82. The molecule has 0 fully saturated rings. The Morgan fingerprint density at radius 2 is 1.80 bits per heavy atom. The van der Waals surface area contributed by atoms with Crippen LogP contribution in [-0.4, -0.2) is 23.6 Å². The summed E-state index contributed by atoms with van der Waals surface area (Å²) in [6.45, 7) is 6.92. The summed E-state index contributed by atoms with van der Waals surface area (Å²) < 4.78 is 4.96. The van der Waals surface area contributed by atoms with E-state index in [1.54, 1.807) is 27.7 Å². The van der Waals surface area contributed by atoms with Crippen LogP contribution in [0.4, 0.5) is 4.79 Å². The Hall–Kier alpha value is -0.680. The number of hydrogen-bond donors (Lipinski definition) is 3. The molecule has 1 atom stereocenters. The number of amides is 1. The van der Waals surface area contributed by atoms with Gasteiger partial charge in [-0.1, -0.05) is 0 Å². The van der Waals surface area contributed by atoms with Crippen LogP contribution in [0.3, 0.4) is 0 Å². The quantitative estimate of drug-likeness (QED) is 0.521. The predicted molar refractivity (Wildman–Crippen MR) is 65.2 cm³/mol. The monoisotopic (exact) mass is 259 g/mol. The Kier molecular flexibility index (Phi) is 10.0. The van der Waals surface area contributed by atoms with Crippen molar-refractivity contribution in [2.45, 2.75) is 39.3 Å². The minimum atomic E-state index is -0.560. The van der Waals surface area contributed by atoms with Crippen LogP contribution in [0.25, 0.3) is 0 Å². The molecule has 0 aliphatic heterocycles. The highest BCUT2D eigenvalue weighted by atomic mass is 35.5. The van der Waals surface area contributed by atoms with Crippen molar-refractivity contribution in [3.63, 3.8) is 0 Å². The van der Waals surface area contributed by atoms with Gasteiger partial charge < -0.3 is 15.8 Å². The fourth-order valence-corrected chi connectivity index (χ4v) is 0.562. The molecule has 92 valence electrons. The van der Waals surface area contributed by atoms with E-state index in [1.807, 2.05) is 0 Å². The maximum atomic E-state index is 11.1. The van der Waals surface area contributed by atoms with Gasteiger partial charge in [-0.15, -0.1) is 24.8 Å². The zero-order chi connectivity index (χ0) is 10.6. The summed E-state index contributed by atoms with van der Waals surface area (Å²) in [5.74, 6) is -0.0918. The molecule has 1 unspecified atom stereocenters. The molecule has 0 aromatic rings. The molecule has 0 saturated carbocycles. The lowest BCUT2D eigenvalue weighted by Gasteiger charge is -2.21. The van der Waals surface area contributed by atoms with Crippen molar-refractivity contribution in [3.05, 3.63) is 0 Å². The smallest absolute Gasteiger partial charge is 0.408 e. The number of ether oxygens (including phenoxy) is 1. The third kappa shape index (κ3) is 11.2. The molecule has 7 heteroatoms. The lowest BCUT2D eigenvalue weighted by molar-refractivity contribution is 0.0521. The summed E-state index contributed by atoms with van der Waals surface area (Å²) in [6.07, 6.45) is -0.560. The molecular weight excluding hydrogens is 241 g/mol. The number of alkyl carbamates (subject to hydrolysis) is 1. The third-order valence-electron chi connectivity index (χ3n) is 1.20. The third-order valence-corrected chi connectivity index (χ3v) is 1.20. The van der Waals surface area contributed by atoms with E-state index in [0.717, 1.165) is 0 Å². The van der Waals surface area contributed by atoms with Crippen LogP contribution in [0.1, 0.15) is 27.7 Å². The van der Waals surface area contributed by atoms with Crippen molar-refractivity contribution in [2.75, 3.05) is 0 Å². The van der Waals surface area contributed by atoms with Gasteiger partial charge in [0.25, 0.3) is 0 Å². The predicted octanol–water partition coefficient (Wildman–Crippen LogP) is 1.68. The van der Waals surface area contributed by atoms with Gasteiger partial charge in [0.2, 0.25) is 0 Å². The highest BCUT2D eigenvalue weighted by Gasteiger charge is 2.18. The van der Waals surface area contributed by atoms with Gasteiger partial charge in [0.05, 0.1) is 6.04 Å². The summed E-state index contributed by atoms with van der Waals surface area (Å²) in [5.41, 5.74) is 4.63. The minimum absolute atomic E-state index is 0. The van der Waals surface area contributed by atoms with Gasteiger partial charge in [0.1, 0.15) is 11.4 Å². The van der Waals surface area contributed by atoms with Crippen molar-refractivity contribution in [2.24, 2.45) is 5.73 Å². The van der Waals surface area contributed by atoms with Crippen molar-refractivity contribution < 1.29 is 9.53 Å². The number of carbonyl (C=O) groups excluding carboxylic acids is 1. The van der Waals surface area contributed by atoms with Gasteiger partial charge in [-0.25, -0.2) is 4.79 Å². The first-order valence-corrected chi connectivity index (χ1v) is 4.06. The first-order valence-electron chi connectivity index (χ1n) is 4.06. The van der Waals surface area contributed by atoms with Crippen molar-refractivity contribution in [1.29, 1.82) is 5.41 Å². The second-order valence-electron chi connectivity index (χ2n) is 3.82. The largest absolute Gasteiger partial charge is 0.444 e. The van der Waals surface area contributed by atoms with E-state index >= 15 is 0 Å². The number of halogens is 2. The van der Waals surface area contributed by atoms with E-state index in [0.29, 0.717) is 0 Å². The highest BCUT2D eigenvalue weighted by Crippen LogP contribution is 2.06. The summed E-state index contributed by atoms with van der Waals surface area (Å²) in [4.78, 5) is 11.1. The van der Waals surface area contributed by atoms with E-state index in [1.165, 1.54) is 0 Å². The highest BCUT2D eigenvalue weighted by molar-refractivity contribution is 5.86. The molecule has 5 nitrogen and oxygen atoms in total. The Labute approximate surface area is 102 Å². The van der Waals surface area contributed by atoms with Gasteiger partial charge in [0, 0.05) is 0 Å². The molecule has 0 spiro atoms. The average molecular weight is 260 g/mol. The summed E-state index contributed by atoms with van der Waals surface area (Å²) >= 11 is 0. The summed E-state index contributed by atoms with van der Waals surface area (Å²) in [5, 5.41) is 9.46.